The lowest BCUT2D eigenvalue weighted by Crippen LogP contribution is -2.41. The van der Waals surface area contributed by atoms with Gasteiger partial charge in [0.1, 0.15) is 5.75 Å². The number of nitrogens with zero attached hydrogens (tertiary/aromatic N) is 4. The zero-order valence-corrected chi connectivity index (χ0v) is 21.3. The van der Waals surface area contributed by atoms with Crippen molar-refractivity contribution in [1.29, 1.82) is 0 Å². The van der Waals surface area contributed by atoms with Crippen molar-refractivity contribution in [3.63, 3.8) is 0 Å². The average molecular weight is 484 g/mol. The van der Waals surface area contributed by atoms with Crippen LogP contribution in [0.25, 0.3) is 10.9 Å². The summed E-state index contributed by atoms with van der Waals surface area (Å²) in [4.78, 5) is 15.0. The molecule has 1 aliphatic rings. The van der Waals surface area contributed by atoms with Gasteiger partial charge < -0.3 is 20.1 Å². The largest absolute Gasteiger partial charge is 0.493 e. The van der Waals surface area contributed by atoms with Gasteiger partial charge >= 0.3 is 6.01 Å². The van der Waals surface area contributed by atoms with Gasteiger partial charge in [-0.1, -0.05) is 32.9 Å². The third kappa shape index (κ3) is 4.97. The highest BCUT2D eigenvalue weighted by Crippen LogP contribution is 2.37. The van der Waals surface area contributed by atoms with Crippen LogP contribution in [0.4, 0.5) is 11.4 Å². The molecule has 0 saturated carbocycles. The SMILES string of the molecule is Cc1cc(Oc2nc(O)c3ccncc3n2)ccc1N(c1ccc(C(C)(C)C)cc1)C1CCNCC1. The number of rotatable bonds is 5. The molecule has 1 fully saturated rings. The number of aromatic nitrogens is 3. The first kappa shape index (κ1) is 24.0. The second-order valence-corrected chi connectivity index (χ2v) is 10.4. The molecule has 7 nitrogen and oxygen atoms in total. The van der Waals surface area contributed by atoms with Crippen molar-refractivity contribution >= 4 is 22.3 Å². The van der Waals surface area contributed by atoms with Gasteiger partial charge in [0.05, 0.1) is 17.1 Å². The highest BCUT2D eigenvalue weighted by atomic mass is 16.5. The molecule has 0 unspecified atom stereocenters. The van der Waals surface area contributed by atoms with Gasteiger partial charge in [-0.2, -0.15) is 9.97 Å². The normalized spacial score (nSPS) is 14.7. The maximum atomic E-state index is 10.3. The summed E-state index contributed by atoms with van der Waals surface area (Å²) >= 11 is 0. The van der Waals surface area contributed by atoms with Gasteiger partial charge in [0, 0.05) is 23.6 Å². The topological polar surface area (TPSA) is 83.4 Å². The number of pyridine rings is 1. The number of nitrogens with one attached hydrogen (secondary N) is 1. The van der Waals surface area contributed by atoms with Crippen LogP contribution in [0, 0.1) is 6.92 Å². The molecule has 0 radical (unpaired) electrons. The Hall–Kier alpha value is -3.71. The zero-order chi connectivity index (χ0) is 25.3. The maximum Gasteiger partial charge on any atom is 0.325 e. The van der Waals surface area contributed by atoms with Gasteiger partial charge in [-0.05, 0) is 85.8 Å². The molecule has 2 aromatic heterocycles. The van der Waals surface area contributed by atoms with E-state index in [4.69, 9.17) is 4.74 Å². The summed E-state index contributed by atoms with van der Waals surface area (Å²) in [5.74, 6) is 0.494. The van der Waals surface area contributed by atoms with Gasteiger partial charge in [-0.15, -0.1) is 0 Å². The molecule has 0 aliphatic carbocycles. The minimum atomic E-state index is -0.124. The van der Waals surface area contributed by atoms with Crippen LogP contribution < -0.4 is 15.0 Å². The fourth-order valence-electron chi connectivity index (χ4n) is 4.79. The highest BCUT2D eigenvalue weighted by Gasteiger charge is 2.25. The van der Waals surface area contributed by atoms with E-state index in [-0.39, 0.29) is 17.3 Å². The number of benzene rings is 2. The fraction of sp³-hybridized carbons (Fsp3) is 0.345. The number of fused-ring (bicyclic) bond motifs is 1. The van der Waals surface area contributed by atoms with Gasteiger partial charge in [-0.25, -0.2) is 0 Å². The molecule has 0 amide bonds. The lowest BCUT2D eigenvalue weighted by atomic mass is 9.87. The summed E-state index contributed by atoms with van der Waals surface area (Å²) in [6.45, 7) is 10.8. The van der Waals surface area contributed by atoms with Crippen molar-refractivity contribution in [1.82, 2.24) is 20.3 Å². The maximum absolute atomic E-state index is 10.3. The van der Waals surface area contributed by atoms with E-state index in [9.17, 15) is 5.11 Å². The molecule has 2 aromatic carbocycles. The predicted molar refractivity (Wildman–Crippen MR) is 143 cm³/mol. The van der Waals surface area contributed by atoms with Crippen molar-refractivity contribution in [3.8, 4) is 17.6 Å². The predicted octanol–water partition coefficient (Wildman–Crippen LogP) is 6.02. The summed E-state index contributed by atoms with van der Waals surface area (Å²) in [7, 11) is 0. The second-order valence-electron chi connectivity index (χ2n) is 10.4. The van der Waals surface area contributed by atoms with Crippen LogP contribution in [0.2, 0.25) is 0 Å². The first-order valence-corrected chi connectivity index (χ1v) is 12.5. The molecule has 5 rings (SSSR count). The number of piperidine rings is 1. The minimum Gasteiger partial charge on any atom is -0.493 e. The van der Waals surface area contributed by atoms with Crippen molar-refractivity contribution in [2.24, 2.45) is 0 Å². The monoisotopic (exact) mass is 483 g/mol. The molecule has 1 saturated heterocycles. The Morgan fingerprint density at radius 3 is 2.44 bits per heavy atom. The van der Waals surface area contributed by atoms with Crippen LogP contribution in [0.5, 0.6) is 17.6 Å². The van der Waals surface area contributed by atoms with Gasteiger partial charge in [-0.3, -0.25) is 4.98 Å². The summed E-state index contributed by atoms with van der Waals surface area (Å²) in [5.41, 5.74) is 5.42. The third-order valence-electron chi connectivity index (χ3n) is 6.78. The molecule has 186 valence electrons. The van der Waals surface area contributed by atoms with Crippen LogP contribution in [-0.4, -0.2) is 39.2 Å². The lowest BCUT2D eigenvalue weighted by Gasteiger charge is -2.37. The Morgan fingerprint density at radius 1 is 1.00 bits per heavy atom. The summed E-state index contributed by atoms with van der Waals surface area (Å²) in [5, 5.41) is 14.3. The molecule has 0 atom stereocenters. The molecular formula is C29H33N5O2. The molecular weight excluding hydrogens is 450 g/mol. The smallest absolute Gasteiger partial charge is 0.325 e. The Morgan fingerprint density at radius 2 is 1.75 bits per heavy atom. The van der Waals surface area contributed by atoms with Crippen LogP contribution in [0.3, 0.4) is 0 Å². The van der Waals surface area contributed by atoms with Crippen molar-refractivity contribution in [3.05, 3.63) is 72.1 Å². The quantitative estimate of drug-likeness (QED) is 0.359. The number of anilines is 2. The van der Waals surface area contributed by atoms with Gasteiger partial charge in [0.15, 0.2) is 0 Å². The minimum absolute atomic E-state index is 0.0909. The molecule has 36 heavy (non-hydrogen) atoms. The molecule has 2 N–H and O–H groups in total. The highest BCUT2D eigenvalue weighted by molar-refractivity contribution is 5.82. The number of aryl methyl sites for hydroxylation is 1. The van der Waals surface area contributed by atoms with Crippen molar-refractivity contribution in [2.75, 3.05) is 18.0 Å². The number of ether oxygens (including phenoxy) is 1. The third-order valence-corrected chi connectivity index (χ3v) is 6.78. The van der Waals surface area contributed by atoms with E-state index in [1.54, 1.807) is 18.5 Å². The first-order chi connectivity index (χ1) is 17.3. The standard InChI is InChI=1S/C29H33N5O2/c1-19-17-23(36-28-32-25-18-31-16-13-24(25)27(35)33-28)9-10-26(19)34(22-11-14-30-15-12-22)21-7-5-20(6-8-21)29(2,3)4/h5-10,13,16-18,22,30H,11-12,14-15H2,1-4H3,(H,32,33,35). The van der Waals surface area contributed by atoms with E-state index in [1.807, 2.05) is 12.1 Å². The van der Waals surface area contributed by atoms with E-state index < -0.39 is 0 Å². The number of aromatic hydroxyl groups is 1. The van der Waals surface area contributed by atoms with Crippen molar-refractivity contribution in [2.45, 2.75) is 52.0 Å². The fourth-order valence-corrected chi connectivity index (χ4v) is 4.79. The van der Waals surface area contributed by atoms with E-state index in [0.717, 1.165) is 37.2 Å². The molecule has 0 spiro atoms. The molecule has 4 aromatic rings. The van der Waals surface area contributed by atoms with Crippen LogP contribution in [0.15, 0.2) is 60.9 Å². The Balaban J connectivity index is 1.46. The van der Waals surface area contributed by atoms with E-state index >= 15 is 0 Å². The van der Waals surface area contributed by atoms with Crippen LogP contribution in [-0.2, 0) is 5.41 Å². The molecule has 7 heteroatoms. The number of hydrogen-bond donors (Lipinski definition) is 2. The lowest BCUT2D eigenvalue weighted by molar-refractivity contribution is 0.411. The van der Waals surface area contributed by atoms with E-state index in [2.05, 4.69) is 83.2 Å². The zero-order valence-electron chi connectivity index (χ0n) is 21.3. The van der Waals surface area contributed by atoms with Crippen molar-refractivity contribution < 1.29 is 9.84 Å². The first-order valence-electron chi connectivity index (χ1n) is 12.5. The summed E-state index contributed by atoms with van der Waals surface area (Å²) in [6, 6.07) is 17.2. The Kier molecular flexibility index (Phi) is 6.49. The second kappa shape index (κ2) is 9.74. The summed E-state index contributed by atoms with van der Waals surface area (Å²) < 4.78 is 5.95. The van der Waals surface area contributed by atoms with Crippen LogP contribution >= 0.6 is 0 Å². The number of hydrogen-bond acceptors (Lipinski definition) is 7. The molecule has 0 bridgehead atoms. The Labute approximate surface area is 212 Å². The van der Waals surface area contributed by atoms with Gasteiger partial charge in [0.2, 0.25) is 5.88 Å². The van der Waals surface area contributed by atoms with Crippen LogP contribution in [0.1, 0.15) is 44.7 Å². The molecule has 1 aliphatic heterocycles. The molecule has 3 heterocycles. The Bertz CT molecular complexity index is 1360. The summed E-state index contributed by atoms with van der Waals surface area (Å²) in [6.07, 6.45) is 5.34. The average Bonchev–Trinajstić information content (AvgIpc) is 2.86. The van der Waals surface area contributed by atoms with E-state index in [0.29, 0.717) is 22.7 Å². The van der Waals surface area contributed by atoms with Gasteiger partial charge in [0.25, 0.3) is 0 Å². The van der Waals surface area contributed by atoms with E-state index in [1.165, 1.54) is 11.3 Å².